The average Bonchev–Trinajstić information content (AvgIpc) is 2.85. The van der Waals surface area contributed by atoms with Gasteiger partial charge in [0.1, 0.15) is 0 Å². The molecule has 0 radical (unpaired) electrons. The van der Waals surface area contributed by atoms with Gasteiger partial charge in [0.15, 0.2) is 0 Å². The van der Waals surface area contributed by atoms with Crippen LogP contribution in [0.5, 0.6) is 0 Å². The molecule has 0 spiro atoms. The van der Waals surface area contributed by atoms with Gasteiger partial charge in [0.25, 0.3) is 0 Å². The van der Waals surface area contributed by atoms with Gasteiger partial charge in [-0.15, -0.1) is 0 Å². The largest absolute Gasteiger partial charge is 0.384 e. The molecule has 1 aromatic carbocycles. The third kappa shape index (κ3) is 2.16. The average molecular weight is 239 g/mol. The number of fused-ring (bicyclic) bond motifs is 1. The molecule has 1 aliphatic heterocycles. The summed E-state index contributed by atoms with van der Waals surface area (Å²) < 4.78 is 0. The quantitative estimate of drug-likeness (QED) is 0.864. The van der Waals surface area contributed by atoms with Gasteiger partial charge >= 0.3 is 0 Å². The Labute approximate surface area is 107 Å². The van der Waals surface area contributed by atoms with E-state index in [1.165, 1.54) is 22.4 Å². The van der Waals surface area contributed by atoms with Crippen LogP contribution in [0.3, 0.4) is 0 Å². The number of anilines is 2. The Kier molecular flexibility index (Phi) is 2.89. The number of hydrogen-bond acceptors (Lipinski definition) is 3. The highest BCUT2D eigenvalue weighted by Gasteiger charge is 2.12. The molecule has 0 aliphatic carbocycles. The Bertz CT molecular complexity index is 563. The summed E-state index contributed by atoms with van der Waals surface area (Å²) in [5, 5.41) is 6.89. The van der Waals surface area contributed by atoms with Crippen molar-refractivity contribution in [1.82, 2.24) is 4.98 Å². The minimum absolute atomic E-state index is 0.835. The first kappa shape index (κ1) is 11.1. The van der Waals surface area contributed by atoms with Crippen molar-refractivity contribution in [1.29, 1.82) is 0 Å². The van der Waals surface area contributed by atoms with E-state index in [-0.39, 0.29) is 0 Å². The molecule has 0 amide bonds. The van der Waals surface area contributed by atoms with Crippen molar-refractivity contribution in [3.8, 4) is 0 Å². The summed E-state index contributed by atoms with van der Waals surface area (Å²) in [5.41, 5.74) is 6.32. The highest BCUT2D eigenvalue weighted by Crippen LogP contribution is 2.26. The Morgan fingerprint density at radius 1 is 1.33 bits per heavy atom. The standard InChI is InChI=1S/C15H17N3/c1-11-7-14(10-16-8-11)18-9-13-4-2-3-12-5-6-17-15(12)13/h2-4,7-8,10,17-18H,5-6,9H2,1H3. The first-order valence-corrected chi connectivity index (χ1v) is 6.33. The number of nitrogens with zero attached hydrogens (tertiary/aromatic N) is 1. The summed E-state index contributed by atoms with van der Waals surface area (Å²) in [5.74, 6) is 0. The van der Waals surface area contributed by atoms with Crippen molar-refractivity contribution in [2.24, 2.45) is 0 Å². The molecular formula is C15H17N3. The van der Waals surface area contributed by atoms with E-state index in [1.54, 1.807) is 0 Å². The van der Waals surface area contributed by atoms with Gasteiger partial charge in [-0.1, -0.05) is 18.2 Å². The molecule has 2 N–H and O–H groups in total. The third-order valence-corrected chi connectivity index (χ3v) is 3.29. The fraction of sp³-hybridized carbons (Fsp3) is 0.267. The second kappa shape index (κ2) is 4.69. The Hall–Kier alpha value is -2.03. The minimum atomic E-state index is 0.835. The molecule has 3 nitrogen and oxygen atoms in total. The maximum atomic E-state index is 4.19. The van der Waals surface area contributed by atoms with Crippen molar-refractivity contribution in [3.63, 3.8) is 0 Å². The van der Waals surface area contributed by atoms with E-state index < -0.39 is 0 Å². The number of aryl methyl sites for hydroxylation is 1. The summed E-state index contributed by atoms with van der Waals surface area (Å²) >= 11 is 0. The molecule has 2 aromatic rings. The molecule has 1 aromatic heterocycles. The van der Waals surface area contributed by atoms with E-state index in [2.05, 4.69) is 46.8 Å². The topological polar surface area (TPSA) is 37.0 Å². The van der Waals surface area contributed by atoms with Crippen LogP contribution in [0, 0.1) is 6.92 Å². The molecule has 3 rings (SSSR count). The highest BCUT2D eigenvalue weighted by molar-refractivity contribution is 5.62. The first-order chi connectivity index (χ1) is 8.83. The lowest BCUT2D eigenvalue weighted by atomic mass is 10.1. The van der Waals surface area contributed by atoms with E-state index in [4.69, 9.17) is 0 Å². The summed E-state index contributed by atoms with van der Waals surface area (Å²) in [7, 11) is 0. The molecule has 0 atom stereocenters. The number of benzene rings is 1. The maximum absolute atomic E-state index is 4.19. The van der Waals surface area contributed by atoms with Gasteiger partial charge in [-0.25, -0.2) is 0 Å². The molecule has 0 saturated carbocycles. The van der Waals surface area contributed by atoms with Gasteiger partial charge in [-0.2, -0.15) is 0 Å². The van der Waals surface area contributed by atoms with Crippen molar-refractivity contribution >= 4 is 11.4 Å². The van der Waals surface area contributed by atoms with Crippen LogP contribution in [0.4, 0.5) is 11.4 Å². The van der Waals surface area contributed by atoms with E-state index in [9.17, 15) is 0 Å². The van der Waals surface area contributed by atoms with Gasteiger partial charge in [0.05, 0.1) is 5.69 Å². The summed E-state index contributed by atoms with van der Waals surface area (Å²) in [6.45, 7) is 3.94. The van der Waals surface area contributed by atoms with Crippen LogP contribution >= 0.6 is 0 Å². The van der Waals surface area contributed by atoms with Crippen LogP contribution in [0.15, 0.2) is 36.7 Å². The molecule has 92 valence electrons. The lowest BCUT2D eigenvalue weighted by Gasteiger charge is -2.11. The zero-order valence-corrected chi connectivity index (χ0v) is 10.5. The number of para-hydroxylation sites is 1. The second-order valence-electron chi connectivity index (χ2n) is 4.73. The first-order valence-electron chi connectivity index (χ1n) is 6.33. The second-order valence-corrected chi connectivity index (χ2v) is 4.73. The van der Waals surface area contributed by atoms with Crippen LogP contribution in [0.2, 0.25) is 0 Å². The Morgan fingerprint density at radius 2 is 2.28 bits per heavy atom. The SMILES string of the molecule is Cc1cncc(NCc2cccc3c2NCC3)c1. The summed E-state index contributed by atoms with van der Waals surface area (Å²) in [4.78, 5) is 4.19. The smallest absolute Gasteiger partial charge is 0.0532 e. The predicted octanol–water partition coefficient (Wildman–Crippen LogP) is 2.97. The Balaban J connectivity index is 1.76. The molecule has 0 fully saturated rings. The number of hydrogen-bond donors (Lipinski definition) is 2. The zero-order chi connectivity index (χ0) is 12.4. The van der Waals surface area contributed by atoms with Crippen LogP contribution in [0.1, 0.15) is 16.7 Å². The Morgan fingerprint density at radius 3 is 3.17 bits per heavy atom. The molecule has 0 bridgehead atoms. The molecule has 0 unspecified atom stereocenters. The molecule has 1 aliphatic rings. The van der Waals surface area contributed by atoms with Gasteiger partial charge in [0, 0.05) is 31.2 Å². The van der Waals surface area contributed by atoms with Crippen molar-refractivity contribution in [3.05, 3.63) is 53.3 Å². The molecule has 3 heteroatoms. The van der Waals surface area contributed by atoms with Crippen LogP contribution in [-0.2, 0) is 13.0 Å². The monoisotopic (exact) mass is 239 g/mol. The molecule has 18 heavy (non-hydrogen) atoms. The van der Waals surface area contributed by atoms with Crippen LogP contribution in [0.25, 0.3) is 0 Å². The number of aromatic nitrogens is 1. The molecule has 0 saturated heterocycles. The maximum Gasteiger partial charge on any atom is 0.0532 e. The fourth-order valence-electron chi connectivity index (χ4n) is 2.41. The number of pyridine rings is 1. The van der Waals surface area contributed by atoms with Gasteiger partial charge in [-0.3, -0.25) is 4.98 Å². The van der Waals surface area contributed by atoms with E-state index in [0.29, 0.717) is 0 Å². The number of nitrogens with one attached hydrogen (secondary N) is 2. The molecular weight excluding hydrogens is 222 g/mol. The van der Waals surface area contributed by atoms with Crippen molar-refractivity contribution in [2.75, 3.05) is 17.2 Å². The lowest BCUT2D eigenvalue weighted by Crippen LogP contribution is -2.03. The van der Waals surface area contributed by atoms with E-state index in [0.717, 1.165) is 25.2 Å². The summed E-state index contributed by atoms with van der Waals surface area (Å²) in [6, 6.07) is 8.63. The summed E-state index contributed by atoms with van der Waals surface area (Å²) in [6.07, 6.45) is 4.87. The van der Waals surface area contributed by atoms with Crippen LogP contribution < -0.4 is 10.6 Å². The molecule has 2 heterocycles. The van der Waals surface area contributed by atoms with E-state index >= 15 is 0 Å². The van der Waals surface area contributed by atoms with Crippen molar-refractivity contribution in [2.45, 2.75) is 19.9 Å². The van der Waals surface area contributed by atoms with Crippen LogP contribution in [-0.4, -0.2) is 11.5 Å². The van der Waals surface area contributed by atoms with Gasteiger partial charge in [0.2, 0.25) is 0 Å². The highest BCUT2D eigenvalue weighted by atomic mass is 14.9. The fourth-order valence-corrected chi connectivity index (χ4v) is 2.41. The van der Waals surface area contributed by atoms with Gasteiger partial charge in [-0.05, 0) is 36.1 Å². The zero-order valence-electron chi connectivity index (χ0n) is 10.5. The third-order valence-electron chi connectivity index (χ3n) is 3.29. The number of rotatable bonds is 3. The normalized spacial score (nSPS) is 12.9. The minimum Gasteiger partial charge on any atom is -0.384 e. The predicted molar refractivity (Wildman–Crippen MR) is 74.9 cm³/mol. The van der Waals surface area contributed by atoms with Gasteiger partial charge < -0.3 is 10.6 Å². The van der Waals surface area contributed by atoms with E-state index in [1.807, 2.05) is 12.4 Å². The lowest BCUT2D eigenvalue weighted by molar-refractivity contribution is 1.11. The van der Waals surface area contributed by atoms with Crippen molar-refractivity contribution < 1.29 is 0 Å².